The van der Waals surface area contributed by atoms with Crippen molar-refractivity contribution in [2.45, 2.75) is 64.2 Å². The van der Waals surface area contributed by atoms with Crippen molar-refractivity contribution in [3.05, 3.63) is 0 Å². The summed E-state index contributed by atoms with van der Waals surface area (Å²) in [5.74, 6) is -0.147. The maximum Gasteiger partial charge on any atom is 0.308 e. The van der Waals surface area contributed by atoms with Crippen molar-refractivity contribution >= 4 is 11.9 Å². The molecule has 3 fully saturated rings. The van der Waals surface area contributed by atoms with Gasteiger partial charge in [-0.3, -0.25) is 9.59 Å². The minimum Gasteiger partial charge on any atom is -0.465 e. The van der Waals surface area contributed by atoms with Crippen LogP contribution in [0.25, 0.3) is 0 Å². The van der Waals surface area contributed by atoms with Crippen molar-refractivity contribution in [2.24, 2.45) is 11.8 Å². The average Bonchev–Trinajstić information content (AvgIpc) is 2.48. The third kappa shape index (κ3) is 4.80. The van der Waals surface area contributed by atoms with Crippen LogP contribution in [0.1, 0.15) is 64.2 Å². The molecule has 0 aromatic carbocycles. The summed E-state index contributed by atoms with van der Waals surface area (Å²) in [7, 11) is 0. The topological polar surface area (TPSA) is 52.6 Å². The smallest absolute Gasteiger partial charge is 0.308 e. The Morgan fingerprint density at radius 2 is 0.950 bits per heavy atom. The molecule has 2 heterocycles. The first-order valence-electron chi connectivity index (χ1n) is 8.10. The van der Waals surface area contributed by atoms with Gasteiger partial charge in [-0.15, -0.1) is 0 Å². The van der Waals surface area contributed by atoms with Crippen molar-refractivity contribution < 1.29 is 19.1 Å². The molecule has 4 heteroatoms. The van der Waals surface area contributed by atoms with E-state index in [-0.39, 0.29) is 23.8 Å². The molecule has 0 amide bonds. The lowest BCUT2D eigenvalue weighted by Crippen LogP contribution is -2.28. The van der Waals surface area contributed by atoms with Crippen LogP contribution in [0.5, 0.6) is 0 Å². The third-order valence-electron chi connectivity index (χ3n) is 4.42. The Labute approximate surface area is 121 Å². The monoisotopic (exact) mass is 282 g/mol. The average molecular weight is 282 g/mol. The van der Waals surface area contributed by atoms with Crippen LogP contribution in [-0.4, -0.2) is 25.2 Å². The van der Waals surface area contributed by atoms with Gasteiger partial charge in [0.2, 0.25) is 0 Å². The molecule has 0 unspecified atom stereocenters. The van der Waals surface area contributed by atoms with E-state index < -0.39 is 0 Å². The predicted octanol–water partition coefficient (Wildman–Crippen LogP) is 3.23. The number of hydrogen-bond donors (Lipinski definition) is 0. The highest BCUT2D eigenvalue weighted by molar-refractivity contribution is 5.75. The second-order valence-electron chi connectivity index (χ2n) is 6.00. The van der Waals surface area contributed by atoms with Gasteiger partial charge in [-0.05, 0) is 38.5 Å². The van der Waals surface area contributed by atoms with Crippen LogP contribution < -0.4 is 0 Å². The van der Waals surface area contributed by atoms with Gasteiger partial charge in [0, 0.05) is 0 Å². The van der Waals surface area contributed by atoms with Gasteiger partial charge in [-0.1, -0.05) is 25.7 Å². The quantitative estimate of drug-likeness (QED) is 0.640. The maximum absolute atomic E-state index is 11.9. The van der Waals surface area contributed by atoms with Crippen LogP contribution in [-0.2, 0) is 19.1 Å². The molecule has 0 N–H and O–H groups in total. The Morgan fingerprint density at radius 1 is 0.600 bits per heavy atom. The Hall–Kier alpha value is -1.06. The van der Waals surface area contributed by atoms with Gasteiger partial charge in [-0.2, -0.15) is 0 Å². The molecule has 3 aliphatic rings. The van der Waals surface area contributed by atoms with E-state index in [1.807, 2.05) is 0 Å². The maximum atomic E-state index is 11.9. The van der Waals surface area contributed by atoms with Gasteiger partial charge in [0.05, 0.1) is 25.0 Å². The molecule has 2 bridgehead atoms. The molecule has 114 valence electrons. The molecule has 4 nitrogen and oxygen atoms in total. The number of fused-ring (bicyclic) bond motifs is 13. The summed E-state index contributed by atoms with van der Waals surface area (Å²) in [5.41, 5.74) is 0. The molecule has 3 rings (SSSR count). The fourth-order valence-corrected chi connectivity index (χ4v) is 3.06. The SMILES string of the molecule is O=C1OCCCCCCCCOC(=O)C2CCC1CC2. The summed E-state index contributed by atoms with van der Waals surface area (Å²) in [6, 6.07) is 0. The van der Waals surface area contributed by atoms with E-state index in [0.29, 0.717) is 13.2 Å². The highest BCUT2D eigenvalue weighted by atomic mass is 16.5. The first kappa shape index (κ1) is 15.3. The van der Waals surface area contributed by atoms with E-state index in [0.717, 1.165) is 64.2 Å². The van der Waals surface area contributed by atoms with Crippen molar-refractivity contribution in [1.29, 1.82) is 0 Å². The molecule has 1 aliphatic carbocycles. The first-order chi connectivity index (χ1) is 9.77. The lowest BCUT2D eigenvalue weighted by atomic mass is 9.82. The van der Waals surface area contributed by atoms with E-state index in [2.05, 4.69) is 0 Å². The van der Waals surface area contributed by atoms with E-state index in [9.17, 15) is 9.59 Å². The van der Waals surface area contributed by atoms with Crippen LogP contribution in [0, 0.1) is 11.8 Å². The van der Waals surface area contributed by atoms with Crippen LogP contribution in [0.2, 0.25) is 0 Å². The molecule has 1 saturated carbocycles. The summed E-state index contributed by atoms with van der Waals surface area (Å²) in [6.07, 6.45) is 9.54. The predicted molar refractivity (Wildman–Crippen MR) is 75.1 cm³/mol. The van der Waals surface area contributed by atoms with Gasteiger partial charge < -0.3 is 9.47 Å². The molecule has 0 spiro atoms. The molecular weight excluding hydrogens is 256 g/mol. The standard InChI is InChI=1S/C16H26O4/c17-15-13-7-9-14(10-8-13)16(18)20-12-6-4-2-1-3-5-11-19-15/h13-14H,1-12H2. The number of carbonyl (C=O) groups excluding carboxylic acids is 2. The van der Waals surface area contributed by atoms with E-state index >= 15 is 0 Å². The molecule has 20 heavy (non-hydrogen) atoms. The minimum atomic E-state index is -0.0658. The van der Waals surface area contributed by atoms with Gasteiger partial charge in [0.25, 0.3) is 0 Å². The summed E-state index contributed by atoms with van der Waals surface area (Å²) in [5, 5.41) is 0. The highest BCUT2D eigenvalue weighted by Crippen LogP contribution is 2.30. The molecular formula is C16H26O4. The first-order valence-corrected chi connectivity index (χ1v) is 8.10. The normalized spacial score (nSPS) is 30.6. The molecule has 2 saturated heterocycles. The fraction of sp³-hybridized carbons (Fsp3) is 0.875. The summed E-state index contributed by atoms with van der Waals surface area (Å²) < 4.78 is 10.7. The molecule has 0 atom stereocenters. The molecule has 2 aliphatic heterocycles. The van der Waals surface area contributed by atoms with Gasteiger partial charge in [-0.25, -0.2) is 0 Å². The Balaban J connectivity index is 1.84. The zero-order chi connectivity index (χ0) is 14.2. The van der Waals surface area contributed by atoms with Crippen molar-refractivity contribution in [2.75, 3.05) is 13.2 Å². The zero-order valence-corrected chi connectivity index (χ0v) is 12.3. The minimum absolute atomic E-state index is 0.00745. The van der Waals surface area contributed by atoms with Crippen LogP contribution >= 0.6 is 0 Å². The third-order valence-corrected chi connectivity index (χ3v) is 4.42. The summed E-state index contributed by atoms with van der Waals surface area (Å²) in [6.45, 7) is 1.11. The van der Waals surface area contributed by atoms with E-state index in [1.165, 1.54) is 0 Å². The van der Waals surface area contributed by atoms with Gasteiger partial charge >= 0.3 is 11.9 Å². The summed E-state index contributed by atoms with van der Waals surface area (Å²) in [4.78, 5) is 23.8. The van der Waals surface area contributed by atoms with E-state index in [1.54, 1.807) is 0 Å². The van der Waals surface area contributed by atoms with Crippen molar-refractivity contribution in [3.8, 4) is 0 Å². The van der Waals surface area contributed by atoms with Crippen LogP contribution in [0.15, 0.2) is 0 Å². The number of rotatable bonds is 0. The molecule has 0 aromatic heterocycles. The Bertz CT molecular complexity index is 286. The van der Waals surface area contributed by atoms with Gasteiger partial charge in [0.15, 0.2) is 0 Å². The molecule has 0 aromatic rings. The van der Waals surface area contributed by atoms with Crippen LogP contribution in [0.3, 0.4) is 0 Å². The highest BCUT2D eigenvalue weighted by Gasteiger charge is 2.31. The fourth-order valence-electron chi connectivity index (χ4n) is 3.06. The van der Waals surface area contributed by atoms with Crippen LogP contribution in [0.4, 0.5) is 0 Å². The number of esters is 2. The largest absolute Gasteiger partial charge is 0.465 e. The second-order valence-corrected chi connectivity index (χ2v) is 6.00. The van der Waals surface area contributed by atoms with Gasteiger partial charge in [0.1, 0.15) is 0 Å². The lowest BCUT2D eigenvalue weighted by Gasteiger charge is -2.26. The second kappa shape index (κ2) is 8.28. The number of carbonyl (C=O) groups is 2. The zero-order valence-electron chi connectivity index (χ0n) is 12.3. The van der Waals surface area contributed by atoms with Crippen molar-refractivity contribution in [3.63, 3.8) is 0 Å². The lowest BCUT2D eigenvalue weighted by molar-refractivity contribution is -0.155. The Kier molecular flexibility index (Phi) is 6.34. The molecule has 0 radical (unpaired) electrons. The van der Waals surface area contributed by atoms with E-state index in [4.69, 9.17) is 9.47 Å². The summed E-state index contributed by atoms with van der Waals surface area (Å²) >= 11 is 0. The Morgan fingerprint density at radius 3 is 1.35 bits per heavy atom. The number of hydrogen-bond acceptors (Lipinski definition) is 4. The van der Waals surface area contributed by atoms with Crippen molar-refractivity contribution in [1.82, 2.24) is 0 Å². The number of ether oxygens (including phenoxy) is 2.